The van der Waals surface area contributed by atoms with E-state index in [4.69, 9.17) is 5.11 Å². The van der Waals surface area contributed by atoms with Gasteiger partial charge < -0.3 is 10.4 Å². The lowest BCUT2D eigenvalue weighted by Crippen LogP contribution is -2.13. The maximum absolute atomic E-state index is 11.9. The number of aromatic nitrogens is 2. The lowest BCUT2D eigenvalue weighted by atomic mass is 10.2. The Kier molecular flexibility index (Phi) is 3.66. The van der Waals surface area contributed by atoms with E-state index >= 15 is 0 Å². The van der Waals surface area contributed by atoms with Crippen LogP contribution in [-0.2, 0) is 0 Å². The van der Waals surface area contributed by atoms with Crippen LogP contribution in [0.1, 0.15) is 26.5 Å². The van der Waals surface area contributed by atoms with E-state index < -0.39 is 5.97 Å². The Balaban J connectivity index is 2.20. The molecule has 0 atom stereocenters. The number of aromatic carboxylic acids is 1. The Morgan fingerprint density at radius 3 is 2.63 bits per heavy atom. The van der Waals surface area contributed by atoms with Gasteiger partial charge in [0.2, 0.25) is 0 Å². The van der Waals surface area contributed by atoms with E-state index in [1.807, 2.05) is 0 Å². The minimum Gasteiger partial charge on any atom is -0.478 e. The van der Waals surface area contributed by atoms with Crippen LogP contribution in [0.2, 0.25) is 0 Å². The highest BCUT2D eigenvalue weighted by Crippen LogP contribution is 2.24. The first-order valence-electron chi connectivity index (χ1n) is 5.33. The number of carbonyl (C=O) groups excluding carboxylic acids is 1. The number of aromatic amines is 1. The molecule has 0 aliphatic rings. The highest BCUT2D eigenvalue weighted by molar-refractivity contribution is 9.10. The van der Waals surface area contributed by atoms with E-state index in [1.54, 1.807) is 13.0 Å². The Labute approximate surface area is 117 Å². The number of benzene rings is 1. The zero-order valence-electron chi connectivity index (χ0n) is 9.90. The number of nitrogens with zero attached hydrogens (tertiary/aromatic N) is 1. The third kappa shape index (κ3) is 3.00. The molecule has 3 N–H and O–H groups in total. The van der Waals surface area contributed by atoms with E-state index in [0.29, 0.717) is 10.2 Å². The number of halogens is 1. The maximum atomic E-state index is 11.9. The van der Waals surface area contributed by atoms with Gasteiger partial charge in [0.05, 0.1) is 11.3 Å². The molecule has 0 unspecified atom stereocenters. The van der Waals surface area contributed by atoms with E-state index in [0.717, 1.165) is 5.69 Å². The number of rotatable bonds is 3. The smallest absolute Gasteiger partial charge is 0.335 e. The van der Waals surface area contributed by atoms with Crippen molar-refractivity contribution in [3.63, 3.8) is 0 Å². The van der Waals surface area contributed by atoms with Gasteiger partial charge in [-0.2, -0.15) is 5.10 Å². The van der Waals surface area contributed by atoms with E-state index in [1.165, 1.54) is 18.2 Å². The lowest BCUT2D eigenvalue weighted by molar-refractivity contribution is 0.0696. The summed E-state index contributed by atoms with van der Waals surface area (Å²) in [6.07, 6.45) is 0. The summed E-state index contributed by atoms with van der Waals surface area (Å²) in [5, 5.41) is 18.0. The standard InChI is InChI=1S/C12H10BrN3O3/c1-6-4-10(16-15-6)11(17)14-9-3-2-7(12(18)19)5-8(9)13/h2-5H,1H3,(H,14,17)(H,15,16)(H,18,19). The molecule has 7 heteroatoms. The highest BCUT2D eigenvalue weighted by atomic mass is 79.9. The molecule has 0 aliphatic carbocycles. The van der Waals surface area contributed by atoms with Gasteiger partial charge in [-0.3, -0.25) is 9.89 Å². The van der Waals surface area contributed by atoms with Crippen LogP contribution in [-0.4, -0.2) is 27.2 Å². The summed E-state index contributed by atoms with van der Waals surface area (Å²) < 4.78 is 0.494. The maximum Gasteiger partial charge on any atom is 0.335 e. The average Bonchev–Trinajstić information content (AvgIpc) is 2.78. The molecule has 0 spiro atoms. The van der Waals surface area contributed by atoms with Crippen LogP contribution < -0.4 is 5.32 Å². The summed E-state index contributed by atoms with van der Waals surface area (Å²) in [6, 6.07) is 5.98. The zero-order chi connectivity index (χ0) is 14.0. The van der Waals surface area contributed by atoms with E-state index in [-0.39, 0.29) is 17.2 Å². The summed E-state index contributed by atoms with van der Waals surface area (Å²) in [5.74, 6) is -1.39. The van der Waals surface area contributed by atoms with Crippen LogP contribution in [0.4, 0.5) is 5.69 Å². The number of hydrogen-bond donors (Lipinski definition) is 3. The Hall–Kier alpha value is -2.15. The van der Waals surface area contributed by atoms with Crippen molar-refractivity contribution in [2.24, 2.45) is 0 Å². The normalized spacial score (nSPS) is 10.2. The topological polar surface area (TPSA) is 95.1 Å². The molecule has 1 amide bonds. The number of anilines is 1. The average molecular weight is 324 g/mol. The van der Waals surface area contributed by atoms with Crippen molar-refractivity contribution in [1.82, 2.24) is 10.2 Å². The molecule has 0 aliphatic heterocycles. The molecule has 0 saturated heterocycles. The quantitative estimate of drug-likeness (QED) is 0.808. The number of hydrogen-bond acceptors (Lipinski definition) is 3. The lowest BCUT2D eigenvalue weighted by Gasteiger charge is -2.06. The van der Waals surface area contributed by atoms with Gasteiger partial charge >= 0.3 is 5.97 Å². The van der Waals surface area contributed by atoms with Gasteiger partial charge in [0, 0.05) is 10.2 Å². The molecule has 19 heavy (non-hydrogen) atoms. The first kappa shape index (κ1) is 13.3. The second-order valence-electron chi connectivity index (χ2n) is 3.89. The zero-order valence-corrected chi connectivity index (χ0v) is 11.5. The fourth-order valence-corrected chi connectivity index (χ4v) is 1.95. The summed E-state index contributed by atoms with van der Waals surface area (Å²) >= 11 is 3.22. The number of carbonyl (C=O) groups is 2. The van der Waals surface area contributed by atoms with Crippen molar-refractivity contribution in [3.05, 3.63) is 45.7 Å². The number of carboxylic acid groups (broad SMARTS) is 1. The molecule has 2 rings (SSSR count). The second-order valence-corrected chi connectivity index (χ2v) is 4.74. The minimum absolute atomic E-state index is 0.139. The third-order valence-corrected chi connectivity index (χ3v) is 3.06. The number of carboxylic acids is 1. The summed E-state index contributed by atoms with van der Waals surface area (Å²) in [6.45, 7) is 1.79. The van der Waals surface area contributed by atoms with Gasteiger partial charge in [-0.15, -0.1) is 0 Å². The van der Waals surface area contributed by atoms with Crippen molar-refractivity contribution in [3.8, 4) is 0 Å². The van der Waals surface area contributed by atoms with Gasteiger partial charge in [-0.1, -0.05) is 0 Å². The van der Waals surface area contributed by atoms with Crippen LogP contribution >= 0.6 is 15.9 Å². The van der Waals surface area contributed by atoms with Crippen molar-refractivity contribution >= 4 is 33.5 Å². The number of amides is 1. The van der Waals surface area contributed by atoms with Crippen LogP contribution in [0, 0.1) is 6.92 Å². The van der Waals surface area contributed by atoms with Crippen LogP contribution in [0.25, 0.3) is 0 Å². The first-order chi connectivity index (χ1) is 8.97. The monoisotopic (exact) mass is 323 g/mol. The van der Waals surface area contributed by atoms with Crippen molar-refractivity contribution < 1.29 is 14.7 Å². The summed E-state index contributed by atoms with van der Waals surface area (Å²) in [4.78, 5) is 22.7. The number of aryl methyl sites for hydroxylation is 1. The van der Waals surface area contributed by atoms with Gasteiger partial charge in [-0.05, 0) is 47.1 Å². The molecule has 2 aromatic rings. The molecule has 0 saturated carbocycles. The minimum atomic E-state index is -1.03. The largest absolute Gasteiger partial charge is 0.478 e. The van der Waals surface area contributed by atoms with Crippen molar-refractivity contribution in [2.45, 2.75) is 6.92 Å². The van der Waals surface area contributed by atoms with Gasteiger partial charge in [0.25, 0.3) is 5.91 Å². The predicted octanol–water partition coefficient (Wildman–Crippen LogP) is 2.43. The van der Waals surface area contributed by atoms with Gasteiger partial charge in [-0.25, -0.2) is 4.79 Å². The van der Waals surface area contributed by atoms with Gasteiger partial charge in [0.1, 0.15) is 0 Å². The van der Waals surface area contributed by atoms with E-state index in [9.17, 15) is 9.59 Å². The number of H-pyrrole nitrogens is 1. The molecule has 1 aromatic carbocycles. The molecule has 1 aromatic heterocycles. The Morgan fingerprint density at radius 1 is 1.37 bits per heavy atom. The molecular weight excluding hydrogens is 314 g/mol. The molecule has 6 nitrogen and oxygen atoms in total. The highest BCUT2D eigenvalue weighted by Gasteiger charge is 2.12. The molecule has 98 valence electrons. The Morgan fingerprint density at radius 2 is 2.11 bits per heavy atom. The van der Waals surface area contributed by atoms with Crippen molar-refractivity contribution in [1.29, 1.82) is 0 Å². The van der Waals surface area contributed by atoms with Crippen LogP contribution in [0.5, 0.6) is 0 Å². The summed E-state index contributed by atoms with van der Waals surface area (Å²) in [7, 11) is 0. The van der Waals surface area contributed by atoms with E-state index in [2.05, 4.69) is 31.4 Å². The first-order valence-corrected chi connectivity index (χ1v) is 6.13. The molecule has 0 bridgehead atoms. The molecule has 0 radical (unpaired) electrons. The fraction of sp³-hybridized carbons (Fsp3) is 0.0833. The predicted molar refractivity (Wildman–Crippen MR) is 72.4 cm³/mol. The molecule has 0 fully saturated rings. The molecular formula is C12H10BrN3O3. The number of nitrogens with one attached hydrogen (secondary N) is 2. The van der Waals surface area contributed by atoms with Crippen LogP contribution in [0.3, 0.4) is 0 Å². The van der Waals surface area contributed by atoms with Gasteiger partial charge in [0.15, 0.2) is 5.69 Å². The third-order valence-electron chi connectivity index (χ3n) is 2.40. The Bertz CT molecular complexity index is 651. The van der Waals surface area contributed by atoms with Crippen LogP contribution in [0.15, 0.2) is 28.7 Å². The summed E-state index contributed by atoms with van der Waals surface area (Å²) in [5.41, 5.74) is 1.67. The van der Waals surface area contributed by atoms with Crippen molar-refractivity contribution in [2.75, 3.05) is 5.32 Å². The molecule has 1 heterocycles. The fourth-order valence-electron chi connectivity index (χ4n) is 1.47. The SMILES string of the molecule is Cc1cc(C(=O)Nc2ccc(C(=O)O)cc2Br)n[nH]1. The second kappa shape index (κ2) is 5.23.